The highest BCUT2D eigenvalue weighted by molar-refractivity contribution is 7.06. The first kappa shape index (κ1) is 11.9. The molecule has 9 heteroatoms. The standard InChI is InChI=1S/C9H7N5O3S/c10-8(15)7-9(11)18-13(12-7)5-1-3-6(4-2-5)14(16)17/h1-4,11H,(H2,10,15)/p+1. The Kier molecular flexibility index (Phi) is 2.90. The molecule has 0 aliphatic carbocycles. The number of hydrogen-bond acceptors (Lipinski definition) is 6. The molecule has 0 radical (unpaired) electrons. The number of anilines is 1. The monoisotopic (exact) mass is 266 g/mol. The lowest BCUT2D eigenvalue weighted by molar-refractivity contribution is -0.588. The smallest absolute Gasteiger partial charge is 0.276 e. The molecule has 92 valence electrons. The lowest BCUT2D eigenvalue weighted by atomic mass is 10.3. The van der Waals surface area contributed by atoms with Crippen molar-refractivity contribution in [3.05, 3.63) is 40.1 Å². The average Bonchev–Trinajstić information content (AvgIpc) is 2.71. The minimum atomic E-state index is -0.718. The predicted octanol–water partition coefficient (Wildman–Crippen LogP) is 0.00910. The molecule has 8 nitrogen and oxygen atoms in total. The first-order valence-electron chi connectivity index (χ1n) is 4.73. The van der Waals surface area contributed by atoms with E-state index in [1.807, 2.05) is 0 Å². The molecule has 1 amide bonds. The number of benzene rings is 1. The molecule has 0 bridgehead atoms. The van der Waals surface area contributed by atoms with Crippen molar-refractivity contribution < 1.29 is 13.8 Å². The van der Waals surface area contributed by atoms with Crippen molar-refractivity contribution in [2.75, 3.05) is 5.73 Å². The Hall–Kier alpha value is -2.55. The number of primary amides is 1. The van der Waals surface area contributed by atoms with E-state index in [2.05, 4.69) is 5.10 Å². The van der Waals surface area contributed by atoms with Crippen LogP contribution in [0.4, 0.5) is 10.7 Å². The van der Waals surface area contributed by atoms with Gasteiger partial charge in [0.25, 0.3) is 17.3 Å². The SMILES string of the molecule is NC(=O)c1n[n+](-c2ccc([N+](=O)[O-])cc2)sc1N. The summed E-state index contributed by atoms with van der Waals surface area (Å²) in [6.07, 6.45) is 0. The van der Waals surface area contributed by atoms with Crippen molar-refractivity contribution >= 4 is 28.1 Å². The van der Waals surface area contributed by atoms with Gasteiger partial charge in [-0.15, -0.1) is 0 Å². The maximum absolute atomic E-state index is 11.0. The van der Waals surface area contributed by atoms with Crippen LogP contribution in [0.15, 0.2) is 24.3 Å². The van der Waals surface area contributed by atoms with Gasteiger partial charge in [0.05, 0.1) is 4.92 Å². The highest BCUT2D eigenvalue weighted by atomic mass is 32.1. The van der Waals surface area contributed by atoms with Gasteiger partial charge in [0.15, 0.2) is 16.5 Å². The molecule has 0 unspecified atom stereocenters. The minimum Gasteiger partial charge on any atom is -0.384 e. The summed E-state index contributed by atoms with van der Waals surface area (Å²) in [7, 11) is 0. The van der Waals surface area contributed by atoms with Gasteiger partial charge in [0, 0.05) is 33.4 Å². The van der Waals surface area contributed by atoms with Crippen molar-refractivity contribution in [1.29, 1.82) is 0 Å². The van der Waals surface area contributed by atoms with Crippen LogP contribution < -0.4 is 15.5 Å². The first-order valence-corrected chi connectivity index (χ1v) is 5.50. The Morgan fingerprint density at radius 2 is 2.00 bits per heavy atom. The van der Waals surface area contributed by atoms with Crippen LogP contribution in [-0.2, 0) is 0 Å². The van der Waals surface area contributed by atoms with Crippen molar-refractivity contribution in [2.45, 2.75) is 0 Å². The summed E-state index contributed by atoms with van der Waals surface area (Å²) in [6.45, 7) is 0. The molecular formula is C9H8N5O3S+. The summed E-state index contributed by atoms with van der Waals surface area (Å²) in [6, 6.07) is 5.69. The molecule has 0 saturated carbocycles. The Morgan fingerprint density at radius 1 is 1.39 bits per heavy atom. The third-order valence-electron chi connectivity index (χ3n) is 2.12. The molecule has 18 heavy (non-hydrogen) atoms. The van der Waals surface area contributed by atoms with Crippen LogP contribution in [0.1, 0.15) is 10.5 Å². The number of nitrogen functional groups attached to an aromatic ring is 1. The van der Waals surface area contributed by atoms with Crippen molar-refractivity contribution in [2.24, 2.45) is 5.73 Å². The molecule has 0 fully saturated rings. The highest BCUT2D eigenvalue weighted by Gasteiger charge is 2.23. The number of non-ortho nitro benzene ring substituents is 1. The van der Waals surface area contributed by atoms with E-state index < -0.39 is 10.8 Å². The predicted molar refractivity (Wildman–Crippen MR) is 63.2 cm³/mol. The number of rotatable bonds is 3. The van der Waals surface area contributed by atoms with E-state index in [1.54, 1.807) is 0 Å². The molecule has 1 heterocycles. The summed E-state index contributed by atoms with van der Waals surface area (Å²) >= 11 is 1.02. The van der Waals surface area contributed by atoms with Gasteiger partial charge in [0.1, 0.15) is 0 Å². The maximum atomic E-state index is 11.0. The fourth-order valence-electron chi connectivity index (χ4n) is 1.28. The topological polar surface area (TPSA) is 129 Å². The number of hydrogen-bond donors (Lipinski definition) is 2. The van der Waals surface area contributed by atoms with Gasteiger partial charge in [-0.25, -0.2) is 0 Å². The molecule has 4 N–H and O–H groups in total. The highest BCUT2D eigenvalue weighted by Crippen LogP contribution is 2.15. The van der Waals surface area contributed by atoms with E-state index in [0.717, 1.165) is 11.5 Å². The molecule has 0 saturated heterocycles. The molecule has 1 aromatic heterocycles. The van der Waals surface area contributed by atoms with Crippen LogP contribution in [0, 0.1) is 10.1 Å². The van der Waals surface area contributed by atoms with Gasteiger partial charge >= 0.3 is 0 Å². The van der Waals surface area contributed by atoms with Gasteiger partial charge < -0.3 is 11.5 Å². The summed E-state index contributed by atoms with van der Waals surface area (Å²) < 4.78 is 1.37. The van der Waals surface area contributed by atoms with Crippen molar-refractivity contribution in [3.63, 3.8) is 0 Å². The molecule has 1 aromatic carbocycles. The normalized spacial score (nSPS) is 10.2. The van der Waals surface area contributed by atoms with Crippen LogP contribution in [0.2, 0.25) is 0 Å². The summed E-state index contributed by atoms with van der Waals surface area (Å²) in [5.74, 6) is -0.718. The van der Waals surface area contributed by atoms with Gasteiger partial charge in [-0.05, 0) is 0 Å². The van der Waals surface area contributed by atoms with Crippen LogP contribution in [-0.4, -0.2) is 15.9 Å². The largest absolute Gasteiger partial charge is 0.384 e. The number of nitro groups is 1. The van der Waals surface area contributed by atoms with Crippen molar-refractivity contribution in [3.8, 4) is 5.69 Å². The van der Waals surface area contributed by atoms with E-state index >= 15 is 0 Å². The molecule has 0 spiro atoms. The van der Waals surface area contributed by atoms with Gasteiger partial charge in [-0.2, -0.15) is 0 Å². The zero-order chi connectivity index (χ0) is 13.3. The zero-order valence-corrected chi connectivity index (χ0v) is 9.76. The van der Waals surface area contributed by atoms with E-state index in [-0.39, 0.29) is 16.4 Å². The lowest BCUT2D eigenvalue weighted by Crippen LogP contribution is -2.30. The molecule has 0 aliphatic heterocycles. The van der Waals surface area contributed by atoms with Gasteiger partial charge in [0.2, 0.25) is 5.69 Å². The molecule has 0 aliphatic rings. The number of nitrogens with two attached hydrogens (primary N) is 2. The Bertz CT molecular complexity index is 622. The van der Waals surface area contributed by atoms with E-state index in [0.29, 0.717) is 5.69 Å². The van der Waals surface area contributed by atoms with Crippen LogP contribution in [0.25, 0.3) is 5.69 Å². The number of nitrogens with zero attached hydrogens (tertiary/aromatic N) is 3. The summed E-state index contributed by atoms with van der Waals surface area (Å²) in [5.41, 5.74) is 11.2. The third kappa shape index (κ3) is 2.11. The number of carbonyl (C=O) groups excluding carboxylic acids is 1. The number of amides is 1. The van der Waals surface area contributed by atoms with Crippen LogP contribution >= 0.6 is 11.5 Å². The molecule has 0 atom stereocenters. The fraction of sp³-hybridized carbons (Fsp3) is 0. The molecule has 2 aromatic rings. The lowest BCUT2D eigenvalue weighted by Gasteiger charge is -1.89. The summed E-state index contributed by atoms with van der Waals surface area (Å²) in [5, 5.41) is 14.6. The first-order chi connectivity index (χ1) is 8.49. The Morgan fingerprint density at radius 3 is 2.44 bits per heavy atom. The second kappa shape index (κ2) is 4.37. The number of carbonyl (C=O) groups is 1. The third-order valence-corrected chi connectivity index (χ3v) is 2.98. The number of aromatic nitrogens is 2. The Balaban J connectivity index is 2.40. The maximum Gasteiger partial charge on any atom is 0.276 e. The van der Waals surface area contributed by atoms with E-state index in [4.69, 9.17) is 11.5 Å². The number of nitro benzene ring substituents is 1. The second-order valence-electron chi connectivity index (χ2n) is 3.31. The zero-order valence-electron chi connectivity index (χ0n) is 8.94. The quantitative estimate of drug-likeness (QED) is 0.459. The van der Waals surface area contributed by atoms with E-state index in [9.17, 15) is 14.9 Å². The van der Waals surface area contributed by atoms with E-state index in [1.165, 1.54) is 28.3 Å². The second-order valence-corrected chi connectivity index (χ2v) is 4.28. The van der Waals surface area contributed by atoms with Crippen LogP contribution in [0.5, 0.6) is 0 Å². The van der Waals surface area contributed by atoms with Gasteiger partial charge in [-0.3, -0.25) is 14.9 Å². The Labute approximate surface area is 105 Å². The van der Waals surface area contributed by atoms with Crippen molar-refractivity contribution in [1.82, 2.24) is 5.10 Å². The molecular weight excluding hydrogens is 258 g/mol. The minimum absolute atomic E-state index is 0.0154. The summed E-state index contributed by atoms with van der Waals surface area (Å²) in [4.78, 5) is 21.0. The molecule has 2 rings (SSSR count). The fourth-order valence-corrected chi connectivity index (χ4v) is 2.04. The average molecular weight is 266 g/mol. The van der Waals surface area contributed by atoms with Gasteiger partial charge in [-0.1, -0.05) is 0 Å². The van der Waals surface area contributed by atoms with Crippen LogP contribution in [0.3, 0.4) is 0 Å².